The highest BCUT2D eigenvalue weighted by Gasteiger charge is 2.25. The number of carboxylic acid groups (broad SMARTS) is 1. The first-order valence-corrected chi connectivity index (χ1v) is 12.7. The molecule has 0 aliphatic rings. The Morgan fingerprint density at radius 1 is 1.12 bits per heavy atom. The summed E-state index contributed by atoms with van der Waals surface area (Å²) in [5, 5.41) is 15.1. The van der Waals surface area contributed by atoms with E-state index in [1.54, 1.807) is 64.1 Å². The monoisotopic (exact) mass is 547 g/mol. The van der Waals surface area contributed by atoms with E-state index in [0.29, 0.717) is 28.8 Å². The Hall–Kier alpha value is -4.73. The van der Waals surface area contributed by atoms with Crippen molar-refractivity contribution < 1.29 is 33.0 Å². The number of aliphatic carboxylic acids is 1. The Bertz CT molecular complexity index is 1570. The third kappa shape index (κ3) is 6.28. The van der Waals surface area contributed by atoms with Gasteiger partial charge in [0.25, 0.3) is 5.91 Å². The van der Waals surface area contributed by atoms with Crippen LogP contribution in [0, 0.1) is 5.82 Å². The van der Waals surface area contributed by atoms with Crippen LogP contribution in [0.3, 0.4) is 0 Å². The first kappa shape index (κ1) is 28.3. The number of rotatable bonds is 8. The number of ether oxygens (including phenoxy) is 1. The van der Waals surface area contributed by atoms with Crippen LogP contribution in [0.2, 0.25) is 0 Å². The lowest BCUT2D eigenvalue weighted by atomic mass is 9.94. The number of alkyl carbamates (subject to hydrolysis) is 1. The van der Waals surface area contributed by atoms with E-state index in [1.165, 1.54) is 24.6 Å². The highest BCUT2D eigenvalue weighted by atomic mass is 19.1. The molecule has 2 amide bonds. The first-order valence-electron chi connectivity index (χ1n) is 12.7. The summed E-state index contributed by atoms with van der Waals surface area (Å²) in [6, 6.07) is 12.8. The Kier molecular flexibility index (Phi) is 8.18. The molecule has 0 aliphatic heterocycles. The molecular formula is C30H30FN3O6. The van der Waals surface area contributed by atoms with Crippen molar-refractivity contribution in [1.82, 2.24) is 10.3 Å². The van der Waals surface area contributed by atoms with E-state index in [4.69, 9.17) is 9.15 Å². The summed E-state index contributed by atoms with van der Waals surface area (Å²) in [4.78, 5) is 41.5. The number of fused-ring (bicyclic) bond motifs is 1. The number of nitrogens with zero attached hydrogens (tertiary/aromatic N) is 1. The van der Waals surface area contributed by atoms with Crippen molar-refractivity contribution in [2.45, 2.75) is 52.2 Å². The average Bonchev–Trinajstić information content (AvgIpc) is 3.39. The third-order valence-electron chi connectivity index (χ3n) is 6.15. The lowest BCUT2D eigenvalue weighted by Crippen LogP contribution is -2.32. The highest BCUT2D eigenvalue weighted by Crippen LogP contribution is 2.35. The maximum atomic E-state index is 15.5. The van der Waals surface area contributed by atoms with Crippen molar-refractivity contribution in [3.05, 3.63) is 83.6 Å². The van der Waals surface area contributed by atoms with Crippen LogP contribution < -0.4 is 10.6 Å². The van der Waals surface area contributed by atoms with Crippen molar-refractivity contribution in [2.24, 2.45) is 0 Å². The quantitative estimate of drug-likeness (QED) is 0.230. The van der Waals surface area contributed by atoms with Crippen LogP contribution >= 0.6 is 0 Å². The van der Waals surface area contributed by atoms with Gasteiger partial charge in [-0.15, -0.1) is 0 Å². The van der Waals surface area contributed by atoms with Gasteiger partial charge in [-0.1, -0.05) is 25.1 Å². The van der Waals surface area contributed by atoms with Gasteiger partial charge in [-0.05, 0) is 68.7 Å². The molecule has 0 aliphatic carbocycles. The second kappa shape index (κ2) is 11.6. The molecule has 40 heavy (non-hydrogen) atoms. The standard InChI is InChI=1S/C30H30FN3O6/c1-5-19(28(36)37)20-8-6-7-9-24(20)34-27(35)23-15-22(26-21(25(23)31)11-13-39-26)17-10-12-32-18(14-17)16-33-29(38)40-30(2,3)4/h6-15,19H,5,16H2,1-4H3,(H,33,38)(H,34,35)(H,36,37). The first-order chi connectivity index (χ1) is 19.0. The van der Waals surface area contributed by atoms with Gasteiger partial charge in [0.2, 0.25) is 0 Å². The summed E-state index contributed by atoms with van der Waals surface area (Å²) in [6.07, 6.45) is 2.59. The number of aromatic nitrogens is 1. The van der Waals surface area contributed by atoms with Crippen LogP contribution in [0.5, 0.6) is 0 Å². The molecular weight excluding hydrogens is 517 g/mol. The summed E-state index contributed by atoms with van der Waals surface area (Å²) in [7, 11) is 0. The number of hydrogen-bond donors (Lipinski definition) is 3. The number of benzene rings is 2. The maximum Gasteiger partial charge on any atom is 0.407 e. The molecule has 0 bridgehead atoms. The molecule has 0 fully saturated rings. The Morgan fingerprint density at radius 3 is 2.58 bits per heavy atom. The number of nitrogens with one attached hydrogen (secondary N) is 2. The minimum atomic E-state index is -1.02. The predicted octanol–water partition coefficient (Wildman–Crippen LogP) is 6.49. The second-order valence-corrected chi connectivity index (χ2v) is 10.2. The fourth-order valence-corrected chi connectivity index (χ4v) is 4.34. The van der Waals surface area contributed by atoms with E-state index < -0.39 is 35.3 Å². The Balaban J connectivity index is 1.67. The fourth-order valence-electron chi connectivity index (χ4n) is 4.34. The molecule has 0 saturated heterocycles. The van der Waals surface area contributed by atoms with Crippen molar-refractivity contribution in [3.8, 4) is 11.1 Å². The van der Waals surface area contributed by atoms with Gasteiger partial charge in [0, 0.05) is 17.4 Å². The Labute approximate surface area is 230 Å². The van der Waals surface area contributed by atoms with E-state index in [9.17, 15) is 19.5 Å². The van der Waals surface area contributed by atoms with Gasteiger partial charge >= 0.3 is 12.1 Å². The lowest BCUT2D eigenvalue weighted by Gasteiger charge is -2.19. The average molecular weight is 548 g/mol. The van der Waals surface area contributed by atoms with Gasteiger partial charge in [0.1, 0.15) is 17.0 Å². The minimum Gasteiger partial charge on any atom is -0.481 e. The van der Waals surface area contributed by atoms with Gasteiger partial charge in [-0.25, -0.2) is 9.18 Å². The molecule has 10 heteroatoms. The molecule has 208 valence electrons. The van der Waals surface area contributed by atoms with Gasteiger partial charge in [0.05, 0.1) is 35.4 Å². The number of pyridine rings is 1. The molecule has 3 N–H and O–H groups in total. The van der Waals surface area contributed by atoms with Crippen molar-refractivity contribution in [3.63, 3.8) is 0 Å². The number of amides is 2. The molecule has 0 radical (unpaired) electrons. The summed E-state index contributed by atoms with van der Waals surface area (Å²) in [6.45, 7) is 7.10. The molecule has 0 spiro atoms. The summed E-state index contributed by atoms with van der Waals surface area (Å²) < 4.78 is 26.4. The minimum absolute atomic E-state index is 0.0809. The topological polar surface area (TPSA) is 131 Å². The van der Waals surface area contributed by atoms with Gasteiger partial charge in [-0.2, -0.15) is 0 Å². The number of carboxylic acids is 1. The SMILES string of the molecule is CCC(C(=O)O)c1ccccc1NC(=O)c1cc(-c2ccnc(CNC(=O)OC(C)(C)C)c2)c2occc2c1F. The molecule has 2 heterocycles. The smallest absolute Gasteiger partial charge is 0.407 e. The summed E-state index contributed by atoms with van der Waals surface area (Å²) in [5.41, 5.74) is 1.59. The third-order valence-corrected chi connectivity index (χ3v) is 6.15. The second-order valence-electron chi connectivity index (χ2n) is 10.2. The zero-order valence-electron chi connectivity index (χ0n) is 22.6. The zero-order chi connectivity index (χ0) is 29.0. The number of furan rings is 1. The number of para-hydroxylation sites is 1. The van der Waals surface area contributed by atoms with Crippen LogP contribution in [0.15, 0.2) is 65.4 Å². The zero-order valence-corrected chi connectivity index (χ0v) is 22.6. The number of hydrogen-bond acceptors (Lipinski definition) is 6. The largest absolute Gasteiger partial charge is 0.481 e. The molecule has 1 atom stereocenters. The maximum absolute atomic E-state index is 15.5. The molecule has 1 unspecified atom stereocenters. The number of carbonyl (C=O) groups is 3. The van der Waals surface area contributed by atoms with E-state index in [2.05, 4.69) is 15.6 Å². The van der Waals surface area contributed by atoms with Crippen LogP contribution in [-0.4, -0.2) is 33.7 Å². The molecule has 4 rings (SSSR count). The normalized spacial score (nSPS) is 12.1. The summed E-state index contributed by atoms with van der Waals surface area (Å²) in [5.74, 6) is -3.37. The van der Waals surface area contributed by atoms with Crippen LogP contribution in [-0.2, 0) is 16.1 Å². The number of halogens is 1. The van der Waals surface area contributed by atoms with Crippen LogP contribution in [0.1, 0.15) is 61.6 Å². The highest BCUT2D eigenvalue weighted by molar-refractivity contribution is 6.09. The molecule has 2 aromatic heterocycles. The van der Waals surface area contributed by atoms with Crippen LogP contribution in [0.4, 0.5) is 14.9 Å². The molecule has 9 nitrogen and oxygen atoms in total. The molecule has 0 saturated carbocycles. The molecule has 2 aromatic carbocycles. The van der Waals surface area contributed by atoms with Crippen molar-refractivity contribution >= 4 is 34.6 Å². The Morgan fingerprint density at radius 2 is 1.88 bits per heavy atom. The van der Waals surface area contributed by atoms with E-state index in [-0.39, 0.29) is 28.8 Å². The van der Waals surface area contributed by atoms with Crippen LogP contribution in [0.25, 0.3) is 22.1 Å². The van der Waals surface area contributed by atoms with E-state index in [0.717, 1.165) is 0 Å². The summed E-state index contributed by atoms with van der Waals surface area (Å²) >= 11 is 0. The van der Waals surface area contributed by atoms with Crippen molar-refractivity contribution in [1.29, 1.82) is 0 Å². The van der Waals surface area contributed by atoms with Gasteiger partial charge in [0.15, 0.2) is 0 Å². The lowest BCUT2D eigenvalue weighted by molar-refractivity contribution is -0.138. The number of anilines is 1. The molecule has 4 aromatic rings. The fraction of sp³-hybridized carbons (Fsp3) is 0.267. The van der Waals surface area contributed by atoms with Gasteiger partial charge in [-0.3, -0.25) is 14.6 Å². The van der Waals surface area contributed by atoms with E-state index in [1.807, 2.05) is 0 Å². The van der Waals surface area contributed by atoms with Gasteiger partial charge < -0.3 is 24.9 Å². The van der Waals surface area contributed by atoms with Crippen molar-refractivity contribution in [2.75, 3.05) is 5.32 Å². The van der Waals surface area contributed by atoms with E-state index >= 15 is 4.39 Å². The number of carbonyl (C=O) groups excluding carboxylic acids is 2. The predicted molar refractivity (Wildman–Crippen MR) is 148 cm³/mol.